The summed E-state index contributed by atoms with van der Waals surface area (Å²) in [6.07, 6.45) is 0.763. The average molecular weight is 228 g/mol. The molecule has 0 aliphatic carbocycles. The van der Waals surface area contributed by atoms with Crippen LogP contribution < -0.4 is 0 Å². The average Bonchev–Trinajstić information content (AvgIpc) is 2.26. The molecular formula is C11H14ClNO2. The third-order valence-corrected chi connectivity index (χ3v) is 2.46. The molecule has 1 amide bonds. The van der Waals surface area contributed by atoms with E-state index in [4.69, 9.17) is 16.7 Å². The molecule has 3 nitrogen and oxygen atoms in total. The van der Waals surface area contributed by atoms with Crippen LogP contribution in [0.1, 0.15) is 5.56 Å². The second kappa shape index (κ2) is 5.73. The molecule has 0 spiro atoms. The number of nitrogens with zero attached hydrogens (tertiary/aromatic N) is 1. The Kier molecular flexibility index (Phi) is 4.59. The molecule has 0 aliphatic heterocycles. The quantitative estimate of drug-likeness (QED) is 0.843. The van der Waals surface area contributed by atoms with Crippen LogP contribution in [0, 0.1) is 0 Å². The van der Waals surface area contributed by atoms with E-state index in [1.807, 2.05) is 24.3 Å². The first kappa shape index (κ1) is 12.0. The molecule has 0 unspecified atom stereocenters. The van der Waals surface area contributed by atoms with E-state index in [2.05, 4.69) is 0 Å². The van der Waals surface area contributed by atoms with Gasteiger partial charge in [-0.2, -0.15) is 0 Å². The normalized spacial score (nSPS) is 10.1. The number of carbonyl (C=O) groups is 1. The minimum atomic E-state index is -0.433. The number of halogens is 1. The van der Waals surface area contributed by atoms with Crippen molar-refractivity contribution >= 4 is 17.5 Å². The fourth-order valence-electron chi connectivity index (χ4n) is 1.19. The molecule has 0 saturated heterocycles. The standard InChI is InChI=1S/C11H14ClNO2/c1-13(11(15)8-14)7-6-9-2-4-10(12)5-3-9/h2-5,14H,6-8H2,1H3. The summed E-state index contributed by atoms with van der Waals surface area (Å²) in [6, 6.07) is 7.51. The van der Waals surface area contributed by atoms with Crippen molar-refractivity contribution in [3.05, 3.63) is 34.9 Å². The van der Waals surface area contributed by atoms with Crippen molar-refractivity contribution in [3.63, 3.8) is 0 Å². The molecule has 0 aliphatic rings. The zero-order valence-electron chi connectivity index (χ0n) is 8.61. The van der Waals surface area contributed by atoms with Gasteiger partial charge in [-0.3, -0.25) is 4.79 Å². The number of amides is 1. The van der Waals surface area contributed by atoms with Crippen LogP contribution in [-0.4, -0.2) is 36.1 Å². The van der Waals surface area contributed by atoms with Gasteiger partial charge in [0.2, 0.25) is 5.91 Å². The Morgan fingerprint density at radius 1 is 1.40 bits per heavy atom. The molecule has 0 bridgehead atoms. The maximum atomic E-state index is 11.0. The monoisotopic (exact) mass is 227 g/mol. The van der Waals surface area contributed by atoms with E-state index >= 15 is 0 Å². The number of hydrogen-bond donors (Lipinski definition) is 1. The van der Waals surface area contributed by atoms with E-state index in [9.17, 15) is 4.79 Å². The van der Waals surface area contributed by atoms with Crippen LogP contribution >= 0.6 is 11.6 Å². The molecule has 4 heteroatoms. The largest absolute Gasteiger partial charge is 0.387 e. The van der Waals surface area contributed by atoms with E-state index in [0.717, 1.165) is 12.0 Å². The van der Waals surface area contributed by atoms with E-state index < -0.39 is 6.61 Å². The highest BCUT2D eigenvalue weighted by molar-refractivity contribution is 6.30. The molecule has 0 fully saturated rings. The summed E-state index contributed by atoms with van der Waals surface area (Å²) in [5.41, 5.74) is 1.12. The Bertz CT molecular complexity index is 324. The van der Waals surface area contributed by atoms with E-state index in [1.165, 1.54) is 4.90 Å². The maximum absolute atomic E-state index is 11.0. The van der Waals surface area contributed by atoms with Gasteiger partial charge >= 0.3 is 0 Å². The van der Waals surface area contributed by atoms with E-state index in [1.54, 1.807) is 7.05 Å². The van der Waals surface area contributed by atoms with Gasteiger partial charge in [0.15, 0.2) is 0 Å². The highest BCUT2D eigenvalue weighted by atomic mass is 35.5. The highest BCUT2D eigenvalue weighted by Crippen LogP contribution is 2.10. The number of aliphatic hydroxyl groups is 1. The number of carbonyl (C=O) groups excluding carboxylic acids is 1. The third kappa shape index (κ3) is 3.90. The van der Waals surface area contributed by atoms with Gasteiger partial charge in [-0.25, -0.2) is 0 Å². The van der Waals surface area contributed by atoms with Gasteiger partial charge in [0.05, 0.1) is 0 Å². The van der Waals surface area contributed by atoms with Gasteiger partial charge < -0.3 is 10.0 Å². The topological polar surface area (TPSA) is 40.5 Å². The summed E-state index contributed by atoms with van der Waals surface area (Å²) in [7, 11) is 1.68. The predicted octanol–water partition coefficient (Wildman–Crippen LogP) is 1.33. The summed E-state index contributed by atoms with van der Waals surface area (Å²) >= 11 is 5.75. The second-order valence-electron chi connectivity index (χ2n) is 3.35. The van der Waals surface area contributed by atoms with Crippen LogP contribution in [0.15, 0.2) is 24.3 Å². The zero-order chi connectivity index (χ0) is 11.3. The van der Waals surface area contributed by atoms with E-state index in [-0.39, 0.29) is 5.91 Å². The number of benzene rings is 1. The van der Waals surface area contributed by atoms with Gasteiger partial charge in [-0.05, 0) is 24.1 Å². The lowest BCUT2D eigenvalue weighted by molar-refractivity contribution is -0.132. The third-order valence-electron chi connectivity index (χ3n) is 2.21. The van der Waals surface area contributed by atoms with Gasteiger partial charge in [-0.15, -0.1) is 0 Å². The Hall–Kier alpha value is -1.06. The second-order valence-corrected chi connectivity index (χ2v) is 3.79. The SMILES string of the molecule is CN(CCc1ccc(Cl)cc1)C(=O)CO. The Labute approximate surface area is 94.3 Å². The van der Waals surface area contributed by atoms with Gasteiger partial charge in [-0.1, -0.05) is 23.7 Å². The van der Waals surface area contributed by atoms with Crippen molar-refractivity contribution in [2.24, 2.45) is 0 Å². The zero-order valence-corrected chi connectivity index (χ0v) is 9.37. The van der Waals surface area contributed by atoms with Crippen molar-refractivity contribution in [2.45, 2.75) is 6.42 Å². The fourth-order valence-corrected chi connectivity index (χ4v) is 1.32. The molecular weight excluding hydrogens is 214 g/mol. The molecule has 1 aromatic rings. The molecule has 1 N–H and O–H groups in total. The van der Waals surface area contributed by atoms with Gasteiger partial charge in [0.1, 0.15) is 6.61 Å². The van der Waals surface area contributed by atoms with Crippen LogP contribution in [0.5, 0.6) is 0 Å². The molecule has 1 aromatic carbocycles. The first-order chi connectivity index (χ1) is 7.13. The molecule has 1 rings (SSSR count). The number of aliphatic hydroxyl groups excluding tert-OH is 1. The summed E-state index contributed by atoms with van der Waals surface area (Å²) in [4.78, 5) is 12.6. The van der Waals surface area contributed by atoms with Crippen molar-refractivity contribution < 1.29 is 9.90 Å². The first-order valence-electron chi connectivity index (χ1n) is 4.72. The van der Waals surface area contributed by atoms with Gasteiger partial charge in [0, 0.05) is 18.6 Å². The van der Waals surface area contributed by atoms with Crippen molar-refractivity contribution in [2.75, 3.05) is 20.2 Å². The molecule has 15 heavy (non-hydrogen) atoms. The van der Waals surface area contributed by atoms with Crippen molar-refractivity contribution in [1.29, 1.82) is 0 Å². The number of rotatable bonds is 4. The fraction of sp³-hybridized carbons (Fsp3) is 0.364. The molecule has 0 aromatic heterocycles. The summed E-state index contributed by atoms with van der Waals surface area (Å²) in [5.74, 6) is -0.260. The molecule has 0 heterocycles. The smallest absolute Gasteiger partial charge is 0.248 e. The molecule has 0 radical (unpaired) electrons. The minimum Gasteiger partial charge on any atom is -0.387 e. The lowest BCUT2D eigenvalue weighted by Gasteiger charge is -2.15. The first-order valence-corrected chi connectivity index (χ1v) is 5.10. The van der Waals surface area contributed by atoms with Gasteiger partial charge in [0.25, 0.3) is 0 Å². The molecule has 0 atom stereocenters. The summed E-state index contributed by atoms with van der Waals surface area (Å²) in [5, 5.41) is 9.34. The number of likely N-dealkylation sites (N-methyl/N-ethyl adjacent to an activating group) is 1. The lowest BCUT2D eigenvalue weighted by Crippen LogP contribution is -2.31. The minimum absolute atomic E-state index is 0.260. The van der Waals surface area contributed by atoms with Crippen LogP contribution in [-0.2, 0) is 11.2 Å². The summed E-state index contributed by atoms with van der Waals surface area (Å²) in [6.45, 7) is 0.165. The summed E-state index contributed by atoms with van der Waals surface area (Å²) < 4.78 is 0. The van der Waals surface area contributed by atoms with Crippen LogP contribution in [0.2, 0.25) is 5.02 Å². The van der Waals surface area contributed by atoms with Crippen LogP contribution in [0.3, 0.4) is 0 Å². The predicted molar refractivity (Wildman–Crippen MR) is 59.9 cm³/mol. The van der Waals surface area contributed by atoms with Crippen molar-refractivity contribution in [1.82, 2.24) is 4.90 Å². The highest BCUT2D eigenvalue weighted by Gasteiger charge is 2.05. The van der Waals surface area contributed by atoms with E-state index in [0.29, 0.717) is 11.6 Å². The number of hydrogen-bond acceptors (Lipinski definition) is 2. The molecule has 0 saturated carbocycles. The molecule has 82 valence electrons. The Morgan fingerprint density at radius 2 is 2.00 bits per heavy atom. The lowest BCUT2D eigenvalue weighted by atomic mass is 10.1. The van der Waals surface area contributed by atoms with Crippen molar-refractivity contribution in [3.8, 4) is 0 Å². The Morgan fingerprint density at radius 3 is 2.53 bits per heavy atom. The Balaban J connectivity index is 2.43. The maximum Gasteiger partial charge on any atom is 0.248 e. The van der Waals surface area contributed by atoms with Crippen LogP contribution in [0.4, 0.5) is 0 Å². The van der Waals surface area contributed by atoms with Crippen LogP contribution in [0.25, 0.3) is 0 Å².